The smallest absolute Gasteiger partial charge is 0.261 e. The summed E-state index contributed by atoms with van der Waals surface area (Å²) in [6.07, 6.45) is 0.131. The van der Waals surface area contributed by atoms with Crippen molar-refractivity contribution in [3.05, 3.63) is 64.2 Å². The first-order valence-corrected chi connectivity index (χ1v) is 8.93. The fourth-order valence-corrected chi connectivity index (χ4v) is 2.92. The van der Waals surface area contributed by atoms with Crippen LogP contribution in [0.3, 0.4) is 0 Å². The number of ether oxygens (including phenoxy) is 1. The quantitative estimate of drug-likeness (QED) is 0.808. The van der Waals surface area contributed by atoms with Crippen LogP contribution >= 0.6 is 0 Å². The third-order valence-corrected chi connectivity index (χ3v) is 4.54. The molecule has 1 amide bonds. The molecule has 2 unspecified atom stereocenters. The number of amides is 1. The van der Waals surface area contributed by atoms with Crippen molar-refractivity contribution in [2.45, 2.75) is 60.1 Å². The van der Waals surface area contributed by atoms with Crippen molar-refractivity contribution in [2.75, 3.05) is 0 Å². The van der Waals surface area contributed by atoms with Gasteiger partial charge in [0.25, 0.3) is 5.91 Å². The number of carbonyl (C=O) groups excluding carboxylic acids is 1. The van der Waals surface area contributed by atoms with Crippen LogP contribution in [0.5, 0.6) is 5.75 Å². The molecule has 2 aromatic carbocycles. The predicted molar refractivity (Wildman–Crippen MR) is 103 cm³/mol. The number of rotatable bonds is 6. The zero-order chi connectivity index (χ0) is 18.6. The third kappa shape index (κ3) is 4.85. The molecule has 0 heterocycles. The van der Waals surface area contributed by atoms with E-state index in [1.165, 1.54) is 11.1 Å². The molecule has 3 nitrogen and oxygen atoms in total. The molecule has 0 aromatic heterocycles. The van der Waals surface area contributed by atoms with Gasteiger partial charge in [-0.05, 0) is 69.4 Å². The summed E-state index contributed by atoms with van der Waals surface area (Å²) in [5, 5.41) is 3.11. The Morgan fingerprint density at radius 1 is 1.00 bits per heavy atom. The lowest BCUT2D eigenvalue weighted by molar-refractivity contribution is -0.128. The lowest BCUT2D eigenvalue weighted by Crippen LogP contribution is -2.39. The Labute approximate surface area is 151 Å². The summed E-state index contributed by atoms with van der Waals surface area (Å²) in [6, 6.07) is 12.3. The van der Waals surface area contributed by atoms with Crippen LogP contribution in [0.4, 0.5) is 0 Å². The number of hydrogen-bond donors (Lipinski definition) is 1. The van der Waals surface area contributed by atoms with Gasteiger partial charge in [0.2, 0.25) is 0 Å². The molecule has 0 bridgehead atoms. The second-order valence-corrected chi connectivity index (χ2v) is 6.87. The van der Waals surface area contributed by atoms with Crippen LogP contribution in [0, 0.1) is 27.7 Å². The van der Waals surface area contributed by atoms with Crippen LogP contribution in [0.15, 0.2) is 36.4 Å². The molecular weight excluding hydrogens is 310 g/mol. The van der Waals surface area contributed by atoms with E-state index in [1.54, 1.807) is 0 Å². The predicted octanol–water partition coefficient (Wildman–Crippen LogP) is 4.96. The van der Waals surface area contributed by atoms with Crippen molar-refractivity contribution in [1.29, 1.82) is 0 Å². The molecule has 2 atom stereocenters. The van der Waals surface area contributed by atoms with Crippen molar-refractivity contribution in [3.8, 4) is 5.75 Å². The molecule has 1 N–H and O–H groups in total. The van der Waals surface area contributed by atoms with Crippen molar-refractivity contribution < 1.29 is 9.53 Å². The van der Waals surface area contributed by atoms with Crippen LogP contribution in [0.25, 0.3) is 0 Å². The summed E-state index contributed by atoms with van der Waals surface area (Å²) in [7, 11) is 0. The number of carbonyl (C=O) groups is 1. The first kappa shape index (κ1) is 19.0. The van der Waals surface area contributed by atoms with Crippen LogP contribution in [0.2, 0.25) is 0 Å². The first-order chi connectivity index (χ1) is 11.8. The molecule has 2 aromatic rings. The topological polar surface area (TPSA) is 38.3 Å². The van der Waals surface area contributed by atoms with E-state index in [2.05, 4.69) is 37.4 Å². The molecule has 2 rings (SSSR count). The number of nitrogens with one attached hydrogen (secondary N) is 1. The molecule has 3 heteroatoms. The van der Waals surface area contributed by atoms with E-state index in [1.807, 2.05) is 45.9 Å². The molecule has 0 saturated heterocycles. The minimum atomic E-state index is -0.493. The minimum absolute atomic E-state index is 0.0522. The highest BCUT2D eigenvalue weighted by molar-refractivity contribution is 5.81. The van der Waals surface area contributed by atoms with Crippen LogP contribution in [-0.4, -0.2) is 12.0 Å². The average Bonchev–Trinajstić information content (AvgIpc) is 2.57. The fourth-order valence-electron chi connectivity index (χ4n) is 2.92. The number of aryl methyl sites for hydroxylation is 4. The van der Waals surface area contributed by atoms with E-state index in [0.717, 1.165) is 22.4 Å². The molecule has 0 radical (unpaired) electrons. The highest BCUT2D eigenvalue weighted by Gasteiger charge is 2.22. The Bertz CT molecular complexity index is 752. The van der Waals surface area contributed by atoms with E-state index in [-0.39, 0.29) is 11.9 Å². The van der Waals surface area contributed by atoms with Crippen molar-refractivity contribution in [1.82, 2.24) is 5.32 Å². The summed E-state index contributed by atoms with van der Waals surface area (Å²) in [5.74, 6) is 0.707. The van der Waals surface area contributed by atoms with Gasteiger partial charge in [0.05, 0.1) is 6.04 Å². The summed E-state index contributed by atoms with van der Waals surface area (Å²) in [5.41, 5.74) is 5.69. The second kappa shape index (κ2) is 8.19. The number of hydrogen-bond acceptors (Lipinski definition) is 2. The largest absolute Gasteiger partial charge is 0.480 e. The Kier molecular flexibility index (Phi) is 6.24. The maximum Gasteiger partial charge on any atom is 0.261 e. The van der Waals surface area contributed by atoms with Gasteiger partial charge in [-0.15, -0.1) is 0 Å². The SMILES string of the molecule is CCC(Oc1cc(C)ccc1C)C(=O)NC(C)c1cc(C)ccc1C. The van der Waals surface area contributed by atoms with Crippen LogP contribution < -0.4 is 10.1 Å². The summed E-state index contributed by atoms with van der Waals surface area (Å²) in [4.78, 5) is 12.7. The van der Waals surface area contributed by atoms with Gasteiger partial charge in [0.15, 0.2) is 6.10 Å². The van der Waals surface area contributed by atoms with Gasteiger partial charge < -0.3 is 10.1 Å². The van der Waals surface area contributed by atoms with Gasteiger partial charge in [0, 0.05) is 0 Å². The molecule has 0 aliphatic rings. The van der Waals surface area contributed by atoms with Crippen molar-refractivity contribution >= 4 is 5.91 Å². The van der Waals surface area contributed by atoms with E-state index in [4.69, 9.17) is 4.74 Å². The van der Waals surface area contributed by atoms with E-state index < -0.39 is 6.10 Å². The molecule has 134 valence electrons. The average molecular weight is 339 g/mol. The number of benzene rings is 2. The van der Waals surface area contributed by atoms with Gasteiger partial charge in [-0.1, -0.05) is 42.8 Å². The molecule has 25 heavy (non-hydrogen) atoms. The first-order valence-electron chi connectivity index (χ1n) is 8.93. The summed E-state index contributed by atoms with van der Waals surface area (Å²) in [6.45, 7) is 12.1. The second-order valence-electron chi connectivity index (χ2n) is 6.87. The Balaban J connectivity index is 2.11. The van der Waals surface area contributed by atoms with Gasteiger partial charge in [0.1, 0.15) is 5.75 Å². The van der Waals surface area contributed by atoms with Crippen molar-refractivity contribution in [3.63, 3.8) is 0 Å². The van der Waals surface area contributed by atoms with E-state index in [0.29, 0.717) is 6.42 Å². The maximum absolute atomic E-state index is 12.7. The van der Waals surface area contributed by atoms with E-state index in [9.17, 15) is 4.79 Å². The lowest BCUT2D eigenvalue weighted by Gasteiger charge is -2.23. The lowest BCUT2D eigenvalue weighted by atomic mass is 10.00. The van der Waals surface area contributed by atoms with Gasteiger partial charge in [-0.25, -0.2) is 0 Å². The molecular formula is C22H29NO2. The van der Waals surface area contributed by atoms with Gasteiger partial charge in [-0.2, -0.15) is 0 Å². The molecule has 0 fully saturated rings. The third-order valence-electron chi connectivity index (χ3n) is 4.54. The zero-order valence-corrected chi connectivity index (χ0v) is 16.1. The Hall–Kier alpha value is -2.29. The van der Waals surface area contributed by atoms with Gasteiger partial charge >= 0.3 is 0 Å². The maximum atomic E-state index is 12.7. The van der Waals surface area contributed by atoms with Crippen molar-refractivity contribution in [2.24, 2.45) is 0 Å². The van der Waals surface area contributed by atoms with Gasteiger partial charge in [-0.3, -0.25) is 4.79 Å². The minimum Gasteiger partial charge on any atom is -0.480 e. The van der Waals surface area contributed by atoms with Crippen LogP contribution in [0.1, 0.15) is 54.1 Å². The fraction of sp³-hybridized carbons (Fsp3) is 0.409. The zero-order valence-electron chi connectivity index (χ0n) is 16.1. The Morgan fingerprint density at radius 3 is 2.24 bits per heavy atom. The normalized spacial score (nSPS) is 13.2. The Morgan fingerprint density at radius 2 is 1.60 bits per heavy atom. The summed E-state index contributed by atoms with van der Waals surface area (Å²) >= 11 is 0. The van der Waals surface area contributed by atoms with E-state index >= 15 is 0 Å². The molecule has 0 aliphatic carbocycles. The molecule has 0 spiro atoms. The highest BCUT2D eigenvalue weighted by atomic mass is 16.5. The standard InChI is InChI=1S/C22H29NO2/c1-7-20(25-21-13-15(3)9-11-17(21)5)22(24)23-18(6)19-12-14(2)8-10-16(19)4/h8-13,18,20H,7H2,1-6H3,(H,23,24). The van der Waals surface area contributed by atoms with Crippen LogP contribution in [-0.2, 0) is 4.79 Å². The highest BCUT2D eigenvalue weighted by Crippen LogP contribution is 2.23. The summed E-state index contributed by atoms with van der Waals surface area (Å²) < 4.78 is 6.02. The monoisotopic (exact) mass is 339 g/mol. The molecule has 0 saturated carbocycles. The molecule has 0 aliphatic heterocycles.